The van der Waals surface area contributed by atoms with E-state index in [0.29, 0.717) is 12.2 Å². The van der Waals surface area contributed by atoms with Gasteiger partial charge in [0.1, 0.15) is 11.5 Å². The average molecular weight is 287 g/mol. The van der Waals surface area contributed by atoms with Gasteiger partial charge < -0.3 is 5.73 Å². The number of aromatic nitrogens is 2. The maximum atomic E-state index is 13.2. The number of nitrogens with two attached hydrogens (primary N) is 1. The lowest BCUT2D eigenvalue weighted by atomic mass is 10.2. The number of hydrogen-bond acceptors (Lipinski definition) is 3. The minimum atomic E-state index is -0.239. The van der Waals surface area contributed by atoms with E-state index in [4.69, 9.17) is 5.73 Å². The number of anilines is 1. The van der Waals surface area contributed by atoms with Crippen LogP contribution in [0.2, 0.25) is 0 Å². The minimum Gasteiger partial charge on any atom is -0.396 e. The molecule has 0 radical (unpaired) electrons. The summed E-state index contributed by atoms with van der Waals surface area (Å²) in [6, 6.07) is 10.6. The summed E-state index contributed by atoms with van der Waals surface area (Å²) in [4.78, 5) is 2.28. The number of hydrogen-bond donors (Lipinski definition) is 1. The fourth-order valence-electron chi connectivity index (χ4n) is 2.09. The third-order valence-electron chi connectivity index (χ3n) is 3.00. The van der Waals surface area contributed by atoms with Crippen LogP contribution < -0.4 is 5.73 Å². The monoisotopic (exact) mass is 287 g/mol. The molecule has 3 aromatic rings. The second kappa shape index (κ2) is 5.09. The Morgan fingerprint density at radius 3 is 2.85 bits per heavy atom. The van der Waals surface area contributed by atoms with Crippen LogP contribution in [0.3, 0.4) is 0 Å². The summed E-state index contributed by atoms with van der Waals surface area (Å²) in [7, 11) is 0. The van der Waals surface area contributed by atoms with Crippen LogP contribution in [-0.2, 0) is 6.54 Å². The molecule has 0 aliphatic rings. The Morgan fingerprint density at radius 2 is 2.15 bits per heavy atom. The Bertz CT molecular complexity index is 745. The van der Waals surface area contributed by atoms with E-state index in [1.54, 1.807) is 28.3 Å². The van der Waals surface area contributed by atoms with Crippen molar-refractivity contribution in [2.24, 2.45) is 0 Å². The Kier molecular flexibility index (Phi) is 3.28. The van der Waals surface area contributed by atoms with Crippen molar-refractivity contribution in [3.8, 4) is 10.6 Å². The number of aryl methyl sites for hydroxylation is 1. The molecule has 0 aliphatic carbocycles. The van der Waals surface area contributed by atoms with Crippen molar-refractivity contribution in [3.05, 3.63) is 58.9 Å². The highest BCUT2D eigenvalue weighted by atomic mass is 32.1. The summed E-state index contributed by atoms with van der Waals surface area (Å²) in [6.07, 6.45) is 1.79. The first-order chi connectivity index (χ1) is 9.61. The summed E-state index contributed by atoms with van der Waals surface area (Å²) >= 11 is 1.66. The molecule has 5 heteroatoms. The van der Waals surface area contributed by atoms with Gasteiger partial charge in [0.25, 0.3) is 0 Å². The number of halogens is 1. The number of nitrogen functional groups attached to an aromatic ring is 1. The number of rotatable bonds is 3. The maximum absolute atomic E-state index is 13.2. The molecule has 3 nitrogen and oxygen atoms in total. The van der Waals surface area contributed by atoms with Crippen molar-refractivity contribution >= 4 is 17.0 Å². The van der Waals surface area contributed by atoms with Crippen LogP contribution in [-0.4, -0.2) is 9.78 Å². The van der Waals surface area contributed by atoms with E-state index in [1.807, 2.05) is 25.1 Å². The van der Waals surface area contributed by atoms with Crippen molar-refractivity contribution in [2.75, 3.05) is 5.73 Å². The average Bonchev–Trinajstić information content (AvgIpc) is 2.96. The lowest BCUT2D eigenvalue weighted by molar-refractivity contribution is 0.619. The third kappa shape index (κ3) is 2.58. The van der Waals surface area contributed by atoms with Crippen molar-refractivity contribution in [3.63, 3.8) is 0 Å². The summed E-state index contributed by atoms with van der Waals surface area (Å²) in [5.41, 5.74) is 8.31. The summed E-state index contributed by atoms with van der Waals surface area (Å²) < 4.78 is 14.9. The van der Waals surface area contributed by atoms with E-state index in [2.05, 4.69) is 5.10 Å². The molecule has 2 heterocycles. The molecule has 0 bridgehead atoms. The molecule has 2 aromatic heterocycles. The normalized spacial score (nSPS) is 10.9. The zero-order valence-electron chi connectivity index (χ0n) is 11.0. The van der Waals surface area contributed by atoms with E-state index in [1.165, 1.54) is 17.0 Å². The molecule has 2 N–H and O–H groups in total. The highest BCUT2D eigenvalue weighted by molar-refractivity contribution is 7.15. The second-order valence-electron chi connectivity index (χ2n) is 4.67. The standard InChI is InChI=1S/C15H14FN3S/c1-10-5-6-14(20-10)15-13(17)9-19(18-15)8-11-3-2-4-12(16)7-11/h2-7,9H,8,17H2,1H3. The van der Waals surface area contributed by atoms with Gasteiger partial charge in [0.15, 0.2) is 0 Å². The predicted molar refractivity (Wildman–Crippen MR) is 80.2 cm³/mol. The quantitative estimate of drug-likeness (QED) is 0.798. The molecule has 1 aromatic carbocycles. The summed E-state index contributed by atoms with van der Waals surface area (Å²) in [5.74, 6) is -0.239. The second-order valence-corrected chi connectivity index (χ2v) is 5.96. The highest BCUT2D eigenvalue weighted by Gasteiger charge is 2.10. The Hall–Kier alpha value is -2.14. The summed E-state index contributed by atoms with van der Waals surface area (Å²) in [6.45, 7) is 2.56. The minimum absolute atomic E-state index is 0.239. The van der Waals surface area contributed by atoms with E-state index in [9.17, 15) is 4.39 Å². The molecule has 0 spiro atoms. The van der Waals surface area contributed by atoms with Gasteiger partial charge in [-0.1, -0.05) is 12.1 Å². The van der Waals surface area contributed by atoms with Crippen LogP contribution in [0.5, 0.6) is 0 Å². The van der Waals surface area contributed by atoms with Gasteiger partial charge >= 0.3 is 0 Å². The van der Waals surface area contributed by atoms with Gasteiger partial charge in [-0.2, -0.15) is 5.10 Å². The SMILES string of the molecule is Cc1ccc(-c2nn(Cc3cccc(F)c3)cc2N)s1. The van der Waals surface area contributed by atoms with E-state index in [0.717, 1.165) is 16.1 Å². The van der Waals surface area contributed by atoms with Gasteiger partial charge in [-0.25, -0.2) is 4.39 Å². The van der Waals surface area contributed by atoms with Gasteiger partial charge in [0, 0.05) is 11.1 Å². The largest absolute Gasteiger partial charge is 0.396 e. The molecule has 0 saturated carbocycles. The van der Waals surface area contributed by atoms with Crippen LogP contribution in [0.15, 0.2) is 42.6 Å². The van der Waals surface area contributed by atoms with E-state index < -0.39 is 0 Å². The smallest absolute Gasteiger partial charge is 0.125 e. The zero-order valence-corrected chi connectivity index (χ0v) is 11.8. The van der Waals surface area contributed by atoms with Gasteiger partial charge in [-0.3, -0.25) is 4.68 Å². The van der Waals surface area contributed by atoms with Crippen molar-refractivity contribution in [2.45, 2.75) is 13.5 Å². The maximum Gasteiger partial charge on any atom is 0.125 e. The van der Waals surface area contributed by atoms with Crippen LogP contribution in [0.25, 0.3) is 10.6 Å². The molecule has 102 valence electrons. The topological polar surface area (TPSA) is 43.8 Å². The zero-order chi connectivity index (χ0) is 14.1. The molecule has 0 fully saturated rings. The molecule has 20 heavy (non-hydrogen) atoms. The van der Waals surface area contributed by atoms with Crippen molar-refractivity contribution < 1.29 is 4.39 Å². The molecular weight excluding hydrogens is 273 g/mol. The number of benzene rings is 1. The van der Waals surface area contributed by atoms with Crippen molar-refractivity contribution in [1.82, 2.24) is 9.78 Å². The van der Waals surface area contributed by atoms with Crippen LogP contribution in [0, 0.1) is 12.7 Å². The van der Waals surface area contributed by atoms with Gasteiger partial charge in [-0.15, -0.1) is 11.3 Å². The lowest BCUT2D eigenvalue weighted by Crippen LogP contribution is -2.00. The molecule has 0 saturated heterocycles. The first-order valence-electron chi connectivity index (χ1n) is 6.26. The molecule has 0 aliphatic heterocycles. The fraction of sp³-hybridized carbons (Fsp3) is 0.133. The molecule has 0 unspecified atom stereocenters. The molecule has 0 atom stereocenters. The van der Waals surface area contributed by atoms with Crippen molar-refractivity contribution in [1.29, 1.82) is 0 Å². The number of thiophene rings is 1. The van der Waals surface area contributed by atoms with Crippen LogP contribution in [0.1, 0.15) is 10.4 Å². The Labute approximate surface area is 120 Å². The van der Waals surface area contributed by atoms with Gasteiger partial charge in [0.2, 0.25) is 0 Å². The van der Waals surface area contributed by atoms with Gasteiger partial charge in [0.05, 0.1) is 17.1 Å². The Morgan fingerprint density at radius 1 is 1.30 bits per heavy atom. The Balaban J connectivity index is 1.89. The van der Waals surface area contributed by atoms with E-state index in [-0.39, 0.29) is 5.82 Å². The van der Waals surface area contributed by atoms with E-state index >= 15 is 0 Å². The molecular formula is C15H14FN3S. The molecule has 3 rings (SSSR count). The molecule has 0 amide bonds. The first kappa shape index (κ1) is 12.9. The highest BCUT2D eigenvalue weighted by Crippen LogP contribution is 2.30. The van der Waals surface area contributed by atoms with Crippen LogP contribution >= 0.6 is 11.3 Å². The first-order valence-corrected chi connectivity index (χ1v) is 7.07. The van der Waals surface area contributed by atoms with Crippen LogP contribution in [0.4, 0.5) is 10.1 Å². The predicted octanol–water partition coefficient (Wildman–Crippen LogP) is 3.69. The lowest BCUT2D eigenvalue weighted by Gasteiger charge is -2.01. The third-order valence-corrected chi connectivity index (χ3v) is 4.00. The summed E-state index contributed by atoms with van der Waals surface area (Å²) in [5, 5.41) is 4.50. The van der Waals surface area contributed by atoms with Gasteiger partial charge in [-0.05, 0) is 36.8 Å². The fourth-order valence-corrected chi connectivity index (χ4v) is 2.97. The number of nitrogens with zero attached hydrogens (tertiary/aromatic N) is 2.